The Morgan fingerprint density at radius 2 is 1.95 bits per heavy atom. The Hall–Kier alpha value is -4.40. The van der Waals surface area contributed by atoms with Crippen LogP contribution in [0.1, 0.15) is 25.7 Å². The summed E-state index contributed by atoms with van der Waals surface area (Å²) in [7, 11) is 1.36. The third-order valence-electron chi connectivity index (χ3n) is 6.03. The Morgan fingerprint density at radius 1 is 1.14 bits per heavy atom. The van der Waals surface area contributed by atoms with E-state index in [2.05, 4.69) is 15.2 Å². The Morgan fingerprint density at radius 3 is 2.68 bits per heavy atom. The standard InChI is InChI=1S/C28H30N4O5/c1-36-28(35)18-23-19-32(22-9-3-2-4-10-22)24-17-21(13-14-25(24)37-23)30-27(34)12-6-8-16-31(20-33)26-11-5-7-15-29-26/h2-5,7,9-11,13-15,17,20,23H,6,8,12,16,18-19H2,1H3,(H,30,34). The molecule has 1 N–H and O–H groups in total. The molecule has 0 fully saturated rings. The van der Waals surface area contributed by atoms with Gasteiger partial charge in [-0.2, -0.15) is 0 Å². The first-order valence-corrected chi connectivity index (χ1v) is 12.2. The number of carbonyl (C=O) groups excluding carboxylic acids is 3. The van der Waals surface area contributed by atoms with E-state index in [0.717, 1.165) is 17.8 Å². The minimum absolute atomic E-state index is 0.109. The van der Waals surface area contributed by atoms with Crippen LogP contribution < -0.4 is 19.9 Å². The van der Waals surface area contributed by atoms with Crippen molar-refractivity contribution in [2.75, 3.05) is 35.3 Å². The van der Waals surface area contributed by atoms with Gasteiger partial charge >= 0.3 is 5.97 Å². The van der Waals surface area contributed by atoms with Gasteiger partial charge in [0.2, 0.25) is 12.3 Å². The highest BCUT2D eigenvalue weighted by Gasteiger charge is 2.29. The smallest absolute Gasteiger partial charge is 0.309 e. The number of rotatable bonds is 11. The summed E-state index contributed by atoms with van der Waals surface area (Å²) in [6.07, 6.45) is 3.79. The number of nitrogens with zero attached hydrogens (tertiary/aromatic N) is 3. The lowest BCUT2D eigenvalue weighted by molar-refractivity contribution is -0.142. The first-order chi connectivity index (χ1) is 18.1. The van der Waals surface area contributed by atoms with Gasteiger partial charge in [-0.15, -0.1) is 0 Å². The third-order valence-corrected chi connectivity index (χ3v) is 6.03. The van der Waals surface area contributed by atoms with E-state index in [0.29, 0.717) is 49.6 Å². The molecule has 9 heteroatoms. The van der Waals surface area contributed by atoms with Gasteiger partial charge in [0, 0.05) is 30.5 Å². The normalized spacial score (nSPS) is 14.2. The number of ether oxygens (including phenoxy) is 2. The van der Waals surface area contributed by atoms with Gasteiger partial charge in [-0.3, -0.25) is 19.3 Å². The number of benzene rings is 2. The fourth-order valence-corrected chi connectivity index (χ4v) is 4.19. The number of anilines is 4. The molecule has 0 bridgehead atoms. The van der Waals surface area contributed by atoms with Gasteiger partial charge in [0.15, 0.2) is 0 Å². The van der Waals surface area contributed by atoms with E-state index in [4.69, 9.17) is 9.47 Å². The van der Waals surface area contributed by atoms with Gasteiger partial charge < -0.3 is 19.7 Å². The summed E-state index contributed by atoms with van der Waals surface area (Å²) in [5, 5.41) is 2.96. The monoisotopic (exact) mass is 502 g/mol. The van der Waals surface area contributed by atoms with Crippen molar-refractivity contribution >= 4 is 41.2 Å². The Bertz CT molecular complexity index is 1210. The van der Waals surface area contributed by atoms with Gasteiger partial charge in [0.05, 0.1) is 25.8 Å². The first kappa shape index (κ1) is 25.7. The van der Waals surface area contributed by atoms with Crippen LogP contribution in [0.2, 0.25) is 0 Å². The number of hydrogen-bond acceptors (Lipinski definition) is 7. The van der Waals surface area contributed by atoms with Crippen LogP contribution in [-0.2, 0) is 19.1 Å². The third kappa shape index (κ3) is 6.84. The molecule has 2 heterocycles. The van der Waals surface area contributed by atoms with E-state index in [1.54, 1.807) is 30.5 Å². The van der Waals surface area contributed by atoms with Crippen molar-refractivity contribution in [3.05, 3.63) is 72.9 Å². The maximum Gasteiger partial charge on any atom is 0.309 e. The SMILES string of the molecule is COC(=O)CC1CN(c2ccccc2)c2cc(NC(=O)CCCCN(C=O)c3ccccn3)ccc2O1. The summed E-state index contributed by atoms with van der Waals surface area (Å²) in [6.45, 7) is 0.954. The van der Waals surface area contributed by atoms with Crippen molar-refractivity contribution in [2.24, 2.45) is 0 Å². The zero-order chi connectivity index (χ0) is 26.0. The molecule has 4 rings (SSSR count). The van der Waals surface area contributed by atoms with E-state index in [9.17, 15) is 14.4 Å². The number of methoxy groups -OCH3 is 1. The average Bonchev–Trinajstić information content (AvgIpc) is 2.93. The van der Waals surface area contributed by atoms with Crippen molar-refractivity contribution in [3.63, 3.8) is 0 Å². The topological polar surface area (TPSA) is 101 Å². The highest BCUT2D eigenvalue weighted by molar-refractivity contribution is 5.92. The zero-order valence-corrected chi connectivity index (χ0v) is 20.7. The van der Waals surface area contributed by atoms with E-state index in [1.165, 1.54) is 12.0 Å². The van der Waals surface area contributed by atoms with Crippen LogP contribution in [0.4, 0.5) is 22.9 Å². The lowest BCUT2D eigenvalue weighted by atomic mass is 10.1. The summed E-state index contributed by atoms with van der Waals surface area (Å²) in [6, 6.07) is 20.7. The minimum Gasteiger partial charge on any atom is -0.486 e. The average molecular weight is 503 g/mol. The quantitative estimate of drug-likeness (QED) is 0.237. The van der Waals surface area contributed by atoms with Crippen LogP contribution in [0, 0.1) is 0 Å². The second-order valence-corrected chi connectivity index (χ2v) is 8.64. The molecule has 1 aliphatic rings. The lowest BCUT2D eigenvalue weighted by Crippen LogP contribution is -2.38. The van der Waals surface area contributed by atoms with Crippen molar-refractivity contribution < 1.29 is 23.9 Å². The van der Waals surface area contributed by atoms with Crippen LogP contribution in [0.5, 0.6) is 5.75 Å². The van der Waals surface area contributed by atoms with Crippen LogP contribution in [0.25, 0.3) is 0 Å². The van der Waals surface area contributed by atoms with Crippen molar-refractivity contribution in [2.45, 2.75) is 31.8 Å². The fraction of sp³-hybridized carbons (Fsp3) is 0.286. The molecule has 9 nitrogen and oxygen atoms in total. The number of hydrogen-bond donors (Lipinski definition) is 1. The van der Waals surface area contributed by atoms with Crippen LogP contribution in [0.3, 0.4) is 0 Å². The van der Waals surface area contributed by atoms with Gasteiger partial charge in [-0.1, -0.05) is 24.3 Å². The molecular formula is C28H30N4O5. The molecule has 1 aliphatic heterocycles. The molecule has 0 aliphatic carbocycles. The van der Waals surface area contributed by atoms with E-state index in [-0.39, 0.29) is 24.4 Å². The maximum absolute atomic E-state index is 12.6. The number of aromatic nitrogens is 1. The predicted molar refractivity (Wildman–Crippen MR) is 141 cm³/mol. The zero-order valence-electron chi connectivity index (χ0n) is 20.7. The molecule has 1 atom stereocenters. The number of para-hydroxylation sites is 1. The Balaban J connectivity index is 1.38. The van der Waals surface area contributed by atoms with E-state index >= 15 is 0 Å². The van der Waals surface area contributed by atoms with Crippen LogP contribution in [0.15, 0.2) is 72.9 Å². The van der Waals surface area contributed by atoms with E-state index < -0.39 is 0 Å². The van der Waals surface area contributed by atoms with Gasteiger partial charge in [-0.25, -0.2) is 4.98 Å². The molecule has 0 spiro atoms. The first-order valence-electron chi connectivity index (χ1n) is 12.2. The maximum atomic E-state index is 12.6. The van der Waals surface area contributed by atoms with Crippen LogP contribution >= 0.6 is 0 Å². The molecule has 37 heavy (non-hydrogen) atoms. The largest absolute Gasteiger partial charge is 0.486 e. The van der Waals surface area contributed by atoms with E-state index in [1.807, 2.05) is 42.5 Å². The van der Waals surface area contributed by atoms with Crippen molar-refractivity contribution in [1.82, 2.24) is 4.98 Å². The number of nitrogens with one attached hydrogen (secondary N) is 1. The molecule has 2 amide bonds. The molecule has 1 aromatic heterocycles. The fourth-order valence-electron chi connectivity index (χ4n) is 4.19. The summed E-state index contributed by atoms with van der Waals surface area (Å²) < 4.78 is 10.9. The molecule has 3 aromatic rings. The second-order valence-electron chi connectivity index (χ2n) is 8.64. The predicted octanol–water partition coefficient (Wildman–Crippen LogP) is 4.32. The number of pyridine rings is 1. The Labute approximate surface area is 216 Å². The molecule has 2 aromatic carbocycles. The number of carbonyl (C=O) groups is 3. The molecule has 192 valence electrons. The number of unbranched alkanes of at least 4 members (excludes halogenated alkanes) is 1. The highest BCUT2D eigenvalue weighted by atomic mass is 16.5. The Kier molecular flexibility index (Phi) is 8.70. The minimum atomic E-state index is -0.363. The van der Waals surface area contributed by atoms with Gasteiger partial charge in [-0.05, 0) is 55.3 Å². The number of fused-ring (bicyclic) bond motifs is 1. The number of amides is 2. The summed E-state index contributed by atoms with van der Waals surface area (Å²) in [5.41, 5.74) is 2.42. The van der Waals surface area contributed by atoms with Crippen molar-refractivity contribution in [1.29, 1.82) is 0 Å². The lowest BCUT2D eigenvalue weighted by Gasteiger charge is -2.36. The van der Waals surface area contributed by atoms with Crippen molar-refractivity contribution in [3.8, 4) is 5.75 Å². The van der Waals surface area contributed by atoms with Gasteiger partial charge in [0.1, 0.15) is 17.7 Å². The molecule has 1 unspecified atom stereocenters. The molecule has 0 saturated carbocycles. The summed E-state index contributed by atoms with van der Waals surface area (Å²) in [5.74, 6) is 0.782. The molecular weight excluding hydrogens is 472 g/mol. The number of esters is 1. The highest BCUT2D eigenvalue weighted by Crippen LogP contribution is 2.40. The summed E-state index contributed by atoms with van der Waals surface area (Å²) >= 11 is 0. The second kappa shape index (κ2) is 12.5. The molecule has 0 radical (unpaired) electrons. The summed E-state index contributed by atoms with van der Waals surface area (Å²) in [4.78, 5) is 43.6. The van der Waals surface area contributed by atoms with Crippen LogP contribution in [-0.4, -0.2) is 49.6 Å². The van der Waals surface area contributed by atoms with Gasteiger partial charge in [0.25, 0.3) is 0 Å². The molecule has 0 saturated heterocycles.